The molecule has 150 valence electrons. The molecule has 0 saturated carbocycles. The topological polar surface area (TPSA) is 72.7 Å². The van der Waals surface area contributed by atoms with E-state index in [9.17, 15) is 9.59 Å². The Labute approximate surface area is 177 Å². The summed E-state index contributed by atoms with van der Waals surface area (Å²) in [6.07, 6.45) is 1.71. The van der Waals surface area contributed by atoms with Gasteiger partial charge in [-0.15, -0.1) is 0 Å². The van der Waals surface area contributed by atoms with Crippen molar-refractivity contribution in [3.63, 3.8) is 0 Å². The van der Waals surface area contributed by atoms with E-state index in [4.69, 9.17) is 16.3 Å². The number of benzene rings is 2. The number of halogens is 1. The minimum Gasteiger partial charge on any atom is -0.487 e. The van der Waals surface area contributed by atoms with Crippen LogP contribution in [0.1, 0.15) is 21.6 Å². The number of hydrogen-bond donors (Lipinski definition) is 1. The van der Waals surface area contributed by atoms with Crippen LogP contribution < -0.4 is 15.6 Å². The van der Waals surface area contributed by atoms with Gasteiger partial charge in [0.15, 0.2) is 0 Å². The zero-order valence-corrected chi connectivity index (χ0v) is 16.9. The molecule has 0 aliphatic carbocycles. The van der Waals surface area contributed by atoms with Crippen LogP contribution in [0.5, 0.6) is 5.75 Å². The number of nitrogens with zero attached hydrogens (tertiary/aromatic N) is 2. The van der Waals surface area contributed by atoms with E-state index in [-0.39, 0.29) is 18.1 Å². The van der Waals surface area contributed by atoms with Crippen LogP contribution in [-0.2, 0) is 6.61 Å². The van der Waals surface area contributed by atoms with Gasteiger partial charge in [-0.2, -0.15) is 0 Å². The van der Waals surface area contributed by atoms with Gasteiger partial charge in [-0.05, 0) is 61.0 Å². The highest BCUT2D eigenvalue weighted by Gasteiger charge is 2.10. The maximum Gasteiger partial charge on any atom is 0.258 e. The van der Waals surface area contributed by atoms with Crippen LogP contribution in [-0.4, -0.2) is 15.3 Å². The first kappa shape index (κ1) is 19.7. The van der Waals surface area contributed by atoms with Gasteiger partial charge in [0.2, 0.25) is 0 Å². The van der Waals surface area contributed by atoms with Gasteiger partial charge < -0.3 is 10.1 Å². The monoisotopic (exact) mass is 419 g/mol. The quantitative estimate of drug-likeness (QED) is 0.517. The molecule has 30 heavy (non-hydrogen) atoms. The van der Waals surface area contributed by atoms with Crippen LogP contribution >= 0.6 is 11.6 Å². The lowest BCUT2D eigenvalue weighted by molar-refractivity contribution is 0.102. The maximum absolute atomic E-state index is 12.3. The van der Waals surface area contributed by atoms with Gasteiger partial charge in [-0.3, -0.25) is 14.0 Å². The molecule has 0 radical (unpaired) electrons. The number of carbonyl (C=O) groups excluding carboxylic acids is 1. The second-order valence-electron chi connectivity index (χ2n) is 6.77. The smallest absolute Gasteiger partial charge is 0.258 e. The van der Waals surface area contributed by atoms with Gasteiger partial charge in [-0.25, -0.2) is 4.98 Å². The number of carbonyl (C=O) groups is 1. The normalized spacial score (nSPS) is 10.7. The maximum atomic E-state index is 12.3. The Balaban J connectivity index is 1.43. The molecule has 4 aromatic rings. The average molecular weight is 420 g/mol. The predicted octanol–water partition coefficient (Wildman–Crippen LogP) is 4.49. The van der Waals surface area contributed by atoms with E-state index in [1.807, 2.05) is 19.1 Å². The van der Waals surface area contributed by atoms with Crippen molar-refractivity contribution in [1.82, 2.24) is 9.38 Å². The Bertz CT molecular complexity index is 1280. The fourth-order valence-corrected chi connectivity index (χ4v) is 3.18. The minimum absolute atomic E-state index is 0.156. The van der Waals surface area contributed by atoms with Gasteiger partial charge >= 0.3 is 0 Å². The van der Waals surface area contributed by atoms with Crippen LogP contribution in [0, 0.1) is 6.92 Å². The van der Waals surface area contributed by atoms with Crippen LogP contribution in [0.3, 0.4) is 0 Å². The first-order chi connectivity index (χ1) is 14.5. The molecule has 0 spiro atoms. The summed E-state index contributed by atoms with van der Waals surface area (Å²) < 4.78 is 7.24. The van der Waals surface area contributed by atoms with E-state index in [1.54, 1.807) is 54.7 Å². The second-order valence-corrected chi connectivity index (χ2v) is 7.17. The van der Waals surface area contributed by atoms with E-state index in [2.05, 4.69) is 10.3 Å². The molecular formula is C23H18ClN3O3. The summed E-state index contributed by atoms with van der Waals surface area (Å²) in [4.78, 5) is 29.0. The Kier molecular flexibility index (Phi) is 5.50. The largest absolute Gasteiger partial charge is 0.487 e. The molecule has 2 heterocycles. The van der Waals surface area contributed by atoms with Gasteiger partial charge in [0, 0.05) is 18.0 Å². The second kappa shape index (κ2) is 8.39. The van der Waals surface area contributed by atoms with Crippen molar-refractivity contribution in [2.45, 2.75) is 13.5 Å². The molecule has 2 aromatic heterocycles. The fourth-order valence-electron chi connectivity index (χ4n) is 2.96. The summed E-state index contributed by atoms with van der Waals surface area (Å²) in [6.45, 7) is 2.10. The minimum atomic E-state index is -0.287. The van der Waals surface area contributed by atoms with Gasteiger partial charge in [-0.1, -0.05) is 23.7 Å². The first-order valence-electron chi connectivity index (χ1n) is 9.27. The van der Waals surface area contributed by atoms with Crippen LogP contribution in [0.2, 0.25) is 5.02 Å². The summed E-state index contributed by atoms with van der Waals surface area (Å²) in [7, 11) is 0. The lowest BCUT2D eigenvalue weighted by Gasteiger charge is -2.09. The molecule has 0 aliphatic heterocycles. The number of anilines is 1. The molecule has 0 fully saturated rings. The number of ether oxygens (including phenoxy) is 1. The molecule has 0 atom stereocenters. The zero-order chi connectivity index (χ0) is 21.1. The predicted molar refractivity (Wildman–Crippen MR) is 116 cm³/mol. The number of amides is 1. The molecule has 7 heteroatoms. The number of pyridine rings is 1. The Hall–Kier alpha value is -3.64. The Morgan fingerprint density at radius 1 is 1.10 bits per heavy atom. The van der Waals surface area contributed by atoms with E-state index in [1.165, 1.54) is 10.5 Å². The third-order valence-electron chi connectivity index (χ3n) is 4.49. The van der Waals surface area contributed by atoms with Gasteiger partial charge in [0.05, 0.1) is 16.3 Å². The van der Waals surface area contributed by atoms with Crippen LogP contribution in [0.15, 0.2) is 77.7 Å². The van der Waals surface area contributed by atoms with Crippen LogP contribution in [0.25, 0.3) is 5.65 Å². The number of hydrogen-bond acceptors (Lipinski definition) is 4. The Morgan fingerprint density at radius 2 is 1.87 bits per heavy atom. The first-order valence-corrected chi connectivity index (χ1v) is 9.65. The zero-order valence-electron chi connectivity index (χ0n) is 16.1. The number of fused-ring (bicyclic) bond motifs is 1. The molecule has 0 unspecified atom stereocenters. The third-order valence-corrected chi connectivity index (χ3v) is 4.82. The van der Waals surface area contributed by atoms with Gasteiger partial charge in [0.25, 0.3) is 11.5 Å². The molecular weight excluding hydrogens is 402 g/mol. The SMILES string of the molecule is Cc1ccn2c(=O)cc(COc3ccc(NC(=O)c4ccccc4Cl)cc3)nc2c1. The van der Waals surface area contributed by atoms with Crippen LogP contribution in [0.4, 0.5) is 5.69 Å². The number of aryl methyl sites for hydroxylation is 1. The van der Waals surface area contributed by atoms with E-state index in [0.717, 1.165) is 5.56 Å². The van der Waals surface area contributed by atoms with Crippen molar-refractivity contribution in [3.05, 3.63) is 105 Å². The molecule has 2 aromatic carbocycles. The molecule has 0 aliphatic rings. The summed E-state index contributed by atoms with van der Waals surface area (Å²) in [5, 5.41) is 3.19. The van der Waals surface area contributed by atoms with Crippen molar-refractivity contribution in [2.75, 3.05) is 5.32 Å². The third kappa shape index (κ3) is 4.34. The molecule has 0 saturated heterocycles. The van der Waals surface area contributed by atoms with E-state index in [0.29, 0.717) is 33.4 Å². The van der Waals surface area contributed by atoms with Crippen molar-refractivity contribution < 1.29 is 9.53 Å². The molecule has 6 nitrogen and oxygen atoms in total. The summed E-state index contributed by atoms with van der Waals surface area (Å²) in [5.74, 6) is 0.308. The summed E-state index contributed by atoms with van der Waals surface area (Å²) in [5.41, 5.74) is 3.01. The molecule has 4 rings (SSSR count). The highest BCUT2D eigenvalue weighted by molar-refractivity contribution is 6.34. The Morgan fingerprint density at radius 3 is 2.63 bits per heavy atom. The summed E-state index contributed by atoms with van der Waals surface area (Å²) >= 11 is 6.06. The number of rotatable bonds is 5. The van der Waals surface area contributed by atoms with Crippen molar-refractivity contribution in [1.29, 1.82) is 0 Å². The van der Waals surface area contributed by atoms with E-state index >= 15 is 0 Å². The number of aromatic nitrogens is 2. The molecule has 1 N–H and O–H groups in total. The van der Waals surface area contributed by atoms with Crippen molar-refractivity contribution in [2.24, 2.45) is 0 Å². The summed E-state index contributed by atoms with van der Waals surface area (Å²) in [6, 6.07) is 19.0. The highest BCUT2D eigenvalue weighted by Crippen LogP contribution is 2.20. The van der Waals surface area contributed by atoms with E-state index < -0.39 is 0 Å². The standard InChI is InChI=1S/C23H18ClN3O3/c1-15-10-11-27-21(12-15)25-17(13-22(27)28)14-30-18-8-6-16(7-9-18)26-23(29)19-4-2-3-5-20(19)24/h2-13H,14H2,1H3,(H,26,29). The van der Waals surface area contributed by atoms with Crippen molar-refractivity contribution >= 4 is 28.8 Å². The average Bonchev–Trinajstić information content (AvgIpc) is 2.73. The van der Waals surface area contributed by atoms with Gasteiger partial charge in [0.1, 0.15) is 18.0 Å². The lowest BCUT2D eigenvalue weighted by atomic mass is 10.2. The van der Waals surface area contributed by atoms with Crippen molar-refractivity contribution in [3.8, 4) is 5.75 Å². The fraction of sp³-hybridized carbons (Fsp3) is 0.0870. The highest BCUT2D eigenvalue weighted by atomic mass is 35.5. The number of nitrogens with one attached hydrogen (secondary N) is 1. The molecule has 0 bridgehead atoms. The lowest BCUT2D eigenvalue weighted by Crippen LogP contribution is -2.16. The molecule has 1 amide bonds.